The van der Waals surface area contributed by atoms with Crippen molar-refractivity contribution in [2.45, 2.75) is 32.2 Å². The minimum atomic E-state index is -1.05. The van der Waals surface area contributed by atoms with Gasteiger partial charge in [-0.2, -0.15) is 0 Å². The fraction of sp³-hybridized carbons (Fsp3) is 0.375. The topological polar surface area (TPSA) is 103 Å². The van der Waals surface area contributed by atoms with E-state index >= 15 is 0 Å². The van der Waals surface area contributed by atoms with Gasteiger partial charge < -0.3 is 30.3 Å². The predicted octanol–water partition coefficient (Wildman–Crippen LogP) is 3.93. The molecule has 9 heteroatoms. The summed E-state index contributed by atoms with van der Waals surface area (Å²) in [5.41, 5.74) is 2.01. The van der Waals surface area contributed by atoms with Crippen molar-refractivity contribution in [2.75, 3.05) is 30.4 Å². The molecule has 1 saturated heterocycles. The second-order valence-electron chi connectivity index (χ2n) is 8.28. The first-order valence-electron chi connectivity index (χ1n) is 10.9. The van der Waals surface area contributed by atoms with Gasteiger partial charge in [-0.3, -0.25) is 0 Å². The molecule has 176 valence electrons. The molecule has 1 fully saturated rings. The van der Waals surface area contributed by atoms with Crippen molar-refractivity contribution in [1.82, 2.24) is 4.90 Å². The molecule has 2 aromatic rings. The molecule has 0 aliphatic carbocycles. The number of urea groups is 1. The van der Waals surface area contributed by atoms with Crippen molar-refractivity contribution in [3.8, 4) is 5.75 Å². The molecule has 33 heavy (non-hydrogen) atoms. The van der Waals surface area contributed by atoms with E-state index in [2.05, 4.69) is 10.6 Å². The molecular formula is C24H28ClN3O5. The van der Waals surface area contributed by atoms with Crippen LogP contribution < -0.4 is 15.4 Å². The van der Waals surface area contributed by atoms with Gasteiger partial charge in [-0.05, 0) is 55.5 Å². The van der Waals surface area contributed by atoms with Crippen LogP contribution in [0.1, 0.15) is 18.4 Å². The molecule has 2 atom stereocenters. The van der Waals surface area contributed by atoms with Crippen LogP contribution in [-0.4, -0.2) is 53.4 Å². The number of aliphatic hydroxyl groups excluding tert-OH is 2. The molecule has 2 unspecified atom stereocenters. The number of ether oxygens (including phenoxy) is 2. The highest BCUT2D eigenvalue weighted by molar-refractivity contribution is 6.31. The molecule has 2 aliphatic rings. The molecule has 0 saturated carbocycles. The predicted molar refractivity (Wildman–Crippen MR) is 126 cm³/mol. The Bertz CT molecular complexity index is 1020. The molecule has 8 nitrogen and oxygen atoms in total. The van der Waals surface area contributed by atoms with Gasteiger partial charge in [-0.1, -0.05) is 23.7 Å². The number of rotatable bonds is 6. The molecule has 4 rings (SSSR count). The number of benzene rings is 2. The Kier molecular flexibility index (Phi) is 7.52. The van der Waals surface area contributed by atoms with Crippen molar-refractivity contribution in [3.63, 3.8) is 0 Å². The van der Waals surface area contributed by atoms with E-state index in [-0.39, 0.29) is 5.76 Å². The summed E-state index contributed by atoms with van der Waals surface area (Å²) < 4.78 is 11.2. The van der Waals surface area contributed by atoms with Gasteiger partial charge in [0.15, 0.2) is 6.23 Å². The standard InChI is InChI=1S/C24H28ClN3O5/c1-15-5-6-18(12-20(15)25)27-24(31)26-17-3-2-4-19(11-17)33-21-13-22(29)28(23(21)30)14-16-7-9-32-10-8-16/h2-6,11-13,16,22-23,29-30H,7-10,14H2,1H3,(H2,26,27,31). The van der Waals surface area contributed by atoms with Crippen molar-refractivity contribution in [2.24, 2.45) is 5.92 Å². The Hall–Kier alpha value is -2.62. The first-order valence-corrected chi connectivity index (χ1v) is 11.3. The van der Waals surface area contributed by atoms with E-state index in [1.54, 1.807) is 41.3 Å². The normalized spacial score (nSPS) is 21.5. The number of carbonyl (C=O) groups is 1. The Morgan fingerprint density at radius 3 is 2.61 bits per heavy atom. The molecule has 0 radical (unpaired) electrons. The number of nitrogens with zero attached hydrogens (tertiary/aromatic N) is 1. The second kappa shape index (κ2) is 10.5. The van der Waals surface area contributed by atoms with Crippen molar-refractivity contribution in [1.29, 1.82) is 0 Å². The molecule has 2 aromatic carbocycles. The highest BCUT2D eigenvalue weighted by atomic mass is 35.5. The zero-order valence-electron chi connectivity index (χ0n) is 18.3. The molecule has 2 aliphatic heterocycles. The molecule has 2 amide bonds. The van der Waals surface area contributed by atoms with Crippen LogP contribution in [0, 0.1) is 12.8 Å². The van der Waals surface area contributed by atoms with Crippen LogP contribution in [0.5, 0.6) is 5.75 Å². The zero-order valence-corrected chi connectivity index (χ0v) is 19.1. The smallest absolute Gasteiger partial charge is 0.323 e. The van der Waals surface area contributed by atoms with Crippen LogP contribution in [0.25, 0.3) is 0 Å². The van der Waals surface area contributed by atoms with E-state index < -0.39 is 18.5 Å². The van der Waals surface area contributed by atoms with E-state index in [4.69, 9.17) is 21.1 Å². The summed E-state index contributed by atoms with van der Waals surface area (Å²) in [7, 11) is 0. The van der Waals surface area contributed by atoms with Crippen molar-refractivity contribution < 1.29 is 24.5 Å². The number of anilines is 2. The highest BCUT2D eigenvalue weighted by Crippen LogP contribution is 2.29. The van der Waals surface area contributed by atoms with Gasteiger partial charge in [-0.25, -0.2) is 9.69 Å². The average molecular weight is 474 g/mol. The average Bonchev–Trinajstić information content (AvgIpc) is 3.04. The van der Waals surface area contributed by atoms with E-state index in [9.17, 15) is 15.0 Å². The maximum Gasteiger partial charge on any atom is 0.323 e. The SMILES string of the molecule is Cc1ccc(NC(=O)Nc2cccc(OC3=CC(O)N(CC4CCOCC4)C3O)c2)cc1Cl. The summed E-state index contributed by atoms with van der Waals surface area (Å²) in [6.45, 7) is 3.84. The number of aliphatic hydroxyl groups is 2. The summed E-state index contributed by atoms with van der Waals surface area (Å²) in [6, 6.07) is 11.7. The number of amides is 2. The molecule has 2 heterocycles. The number of carbonyl (C=O) groups excluding carboxylic acids is 1. The quantitative estimate of drug-likeness (QED) is 0.507. The van der Waals surface area contributed by atoms with Crippen LogP contribution in [-0.2, 0) is 4.74 Å². The highest BCUT2D eigenvalue weighted by Gasteiger charge is 2.35. The zero-order chi connectivity index (χ0) is 23.4. The number of halogens is 1. The lowest BCUT2D eigenvalue weighted by molar-refractivity contribution is -0.0691. The Balaban J connectivity index is 1.35. The van der Waals surface area contributed by atoms with E-state index in [1.165, 1.54) is 6.08 Å². The third kappa shape index (κ3) is 6.04. The van der Waals surface area contributed by atoms with E-state index in [0.717, 1.165) is 18.4 Å². The number of aryl methyl sites for hydroxylation is 1. The van der Waals surface area contributed by atoms with Crippen LogP contribution >= 0.6 is 11.6 Å². The fourth-order valence-corrected chi connectivity index (χ4v) is 4.08. The lowest BCUT2D eigenvalue weighted by Crippen LogP contribution is -2.42. The summed E-state index contributed by atoms with van der Waals surface area (Å²) in [6.07, 6.45) is 1.33. The number of hydrogen-bond donors (Lipinski definition) is 4. The van der Waals surface area contributed by atoms with Gasteiger partial charge in [0.05, 0.1) is 0 Å². The summed E-state index contributed by atoms with van der Waals surface area (Å²) in [5, 5.41) is 27.1. The van der Waals surface area contributed by atoms with Crippen LogP contribution in [0.2, 0.25) is 5.02 Å². The van der Waals surface area contributed by atoms with Crippen LogP contribution in [0.4, 0.5) is 16.2 Å². The monoisotopic (exact) mass is 473 g/mol. The molecular weight excluding hydrogens is 446 g/mol. The number of hydrogen-bond acceptors (Lipinski definition) is 6. The van der Waals surface area contributed by atoms with Crippen LogP contribution in [0.3, 0.4) is 0 Å². The molecule has 0 aromatic heterocycles. The summed E-state index contributed by atoms with van der Waals surface area (Å²) in [4.78, 5) is 14.0. The minimum Gasteiger partial charge on any atom is -0.458 e. The lowest BCUT2D eigenvalue weighted by Gasteiger charge is -2.31. The van der Waals surface area contributed by atoms with Gasteiger partial charge in [0.1, 0.15) is 17.7 Å². The molecule has 4 N–H and O–H groups in total. The third-order valence-electron chi connectivity index (χ3n) is 5.79. The summed E-state index contributed by atoms with van der Waals surface area (Å²) in [5.74, 6) is 1.03. The van der Waals surface area contributed by atoms with Crippen molar-refractivity contribution in [3.05, 3.63) is 64.9 Å². The maximum absolute atomic E-state index is 12.4. The summed E-state index contributed by atoms with van der Waals surface area (Å²) >= 11 is 6.11. The fourth-order valence-electron chi connectivity index (χ4n) is 3.90. The van der Waals surface area contributed by atoms with Gasteiger partial charge in [0.25, 0.3) is 0 Å². The maximum atomic E-state index is 12.4. The van der Waals surface area contributed by atoms with Gasteiger partial charge >= 0.3 is 6.03 Å². The largest absolute Gasteiger partial charge is 0.458 e. The number of nitrogens with one attached hydrogen (secondary N) is 2. The van der Waals surface area contributed by atoms with Gasteiger partial charge in [0, 0.05) is 48.3 Å². The first kappa shape index (κ1) is 23.5. The molecule has 0 bridgehead atoms. The van der Waals surface area contributed by atoms with Gasteiger partial charge in [0.2, 0.25) is 0 Å². The first-order chi connectivity index (χ1) is 15.9. The minimum absolute atomic E-state index is 0.255. The Morgan fingerprint density at radius 2 is 1.88 bits per heavy atom. The third-order valence-corrected chi connectivity index (χ3v) is 6.20. The van der Waals surface area contributed by atoms with Crippen LogP contribution in [0.15, 0.2) is 54.3 Å². The Morgan fingerprint density at radius 1 is 1.15 bits per heavy atom. The van der Waals surface area contributed by atoms with E-state index in [1.807, 2.05) is 13.0 Å². The lowest BCUT2D eigenvalue weighted by atomic mass is 10.00. The van der Waals surface area contributed by atoms with E-state index in [0.29, 0.717) is 47.8 Å². The Labute approximate surface area is 197 Å². The molecule has 0 spiro atoms. The van der Waals surface area contributed by atoms with Crippen molar-refractivity contribution >= 4 is 29.0 Å². The second-order valence-corrected chi connectivity index (χ2v) is 8.69. The van der Waals surface area contributed by atoms with Gasteiger partial charge in [-0.15, -0.1) is 0 Å².